The quantitative estimate of drug-likeness (QED) is 0.362. The third-order valence-electron chi connectivity index (χ3n) is 4.04. The van der Waals surface area contributed by atoms with E-state index < -0.39 is 0 Å². The lowest BCUT2D eigenvalue weighted by atomic mass is 10.2. The molecule has 0 unspecified atom stereocenters. The van der Waals surface area contributed by atoms with Gasteiger partial charge in [0.05, 0.1) is 10.5 Å². The number of benzene rings is 2. The first-order valence-corrected chi connectivity index (χ1v) is 9.84. The Hall–Kier alpha value is -3.10. The third-order valence-corrected chi connectivity index (χ3v) is 5.62. The lowest BCUT2D eigenvalue weighted by molar-refractivity contribution is -0.131. The van der Waals surface area contributed by atoms with Gasteiger partial charge in [0.1, 0.15) is 17.9 Å². The van der Waals surface area contributed by atoms with Gasteiger partial charge in [-0.05, 0) is 36.4 Å². The van der Waals surface area contributed by atoms with Crippen LogP contribution in [0.15, 0.2) is 65.2 Å². The van der Waals surface area contributed by atoms with Crippen molar-refractivity contribution in [3.8, 4) is 5.75 Å². The molecule has 2 aromatic heterocycles. The average Bonchev–Trinajstić information content (AvgIpc) is 3.08. The summed E-state index contributed by atoms with van der Waals surface area (Å²) >= 11 is 7.97. The molecule has 0 radical (unpaired) electrons. The van der Waals surface area contributed by atoms with Gasteiger partial charge in [-0.1, -0.05) is 23.4 Å². The zero-order valence-corrected chi connectivity index (χ0v) is 17.2. The topological polar surface area (TPSA) is 81.9 Å². The molecule has 0 aliphatic heterocycles. The number of ether oxygens (including phenoxy) is 1. The van der Waals surface area contributed by atoms with Gasteiger partial charge in [0.2, 0.25) is 0 Å². The van der Waals surface area contributed by atoms with Gasteiger partial charge in [-0.2, -0.15) is 0 Å². The van der Waals surface area contributed by atoms with Crippen molar-refractivity contribution in [1.82, 2.24) is 19.5 Å². The summed E-state index contributed by atoms with van der Waals surface area (Å²) in [6.45, 7) is 1.36. The minimum atomic E-state index is -0.386. The summed E-state index contributed by atoms with van der Waals surface area (Å²) in [6.07, 6.45) is 5.11. The molecule has 0 fully saturated rings. The van der Waals surface area contributed by atoms with Crippen molar-refractivity contribution in [2.45, 2.75) is 17.0 Å². The first kappa shape index (κ1) is 19.2. The molecule has 0 amide bonds. The third kappa shape index (κ3) is 4.33. The predicted octanol–water partition coefficient (Wildman–Crippen LogP) is 4.84. The number of nitrogens with one attached hydrogen (secondary N) is 1. The smallest absolute Gasteiger partial charge is 0.308 e. The number of aromatic nitrogens is 4. The fourth-order valence-electron chi connectivity index (χ4n) is 2.71. The van der Waals surface area contributed by atoms with Crippen LogP contribution < -0.4 is 10.1 Å². The van der Waals surface area contributed by atoms with Gasteiger partial charge in [-0.3, -0.25) is 4.79 Å². The molecule has 0 aliphatic rings. The molecule has 0 bridgehead atoms. The molecule has 0 atom stereocenters. The van der Waals surface area contributed by atoms with Crippen molar-refractivity contribution in [2.24, 2.45) is 7.05 Å². The van der Waals surface area contributed by atoms with Crippen LogP contribution in [0.4, 0.5) is 11.5 Å². The number of esters is 1. The van der Waals surface area contributed by atoms with Crippen molar-refractivity contribution < 1.29 is 9.53 Å². The summed E-state index contributed by atoms with van der Waals surface area (Å²) < 4.78 is 7.10. The van der Waals surface area contributed by atoms with Gasteiger partial charge in [0, 0.05) is 42.3 Å². The lowest BCUT2D eigenvalue weighted by Gasteiger charge is -2.11. The van der Waals surface area contributed by atoms with E-state index in [1.165, 1.54) is 25.0 Å². The van der Waals surface area contributed by atoms with Crippen LogP contribution in [0.3, 0.4) is 0 Å². The summed E-state index contributed by atoms with van der Waals surface area (Å²) in [5.74, 6) is 0.635. The number of hydrogen-bond donors (Lipinski definition) is 1. The van der Waals surface area contributed by atoms with Crippen LogP contribution in [0.2, 0.25) is 5.02 Å². The van der Waals surface area contributed by atoms with Crippen LogP contribution in [-0.2, 0) is 11.8 Å². The van der Waals surface area contributed by atoms with Crippen LogP contribution in [0.5, 0.6) is 5.75 Å². The minimum Gasteiger partial charge on any atom is -0.427 e. The normalized spacial score (nSPS) is 10.9. The highest BCUT2D eigenvalue weighted by Crippen LogP contribution is 2.35. The number of fused-ring (bicyclic) bond motifs is 1. The Balaban J connectivity index is 1.62. The number of hydrogen-bond acceptors (Lipinski definition) is 7. The van der Waals surface area contributed by atoms with E-state index in [2.05, 4.69) is 20.3 Å². The largest absolute Gasteiger partial charge is 0.427 e. The number of rotatable bonds is 5. The van der Waals surface area contributed by atoms with Crippen molar-refractivity contribution >= 4 is 51.7 Å². The molecular weight excluding hydrogens is 410 g/mol. The number of nitrogens with zero attached hydrogens (tertiary/aromatic N) is 4. The van der Waals surface area contributed by atoms with Crippen LogP contribution in [0, 0.1) is 0 Å². The van der Waals surface area contributed by atoms with E-state index in [0.717, 1.165) is 26.6 Å². The first-order valence-electron chi connectivity index (χ1n) is 8.64. The zero-order chi connectivity index (χ0) is 20.4. The lowest BCUT2D eigenvalue weighted by Crippen LogP contribution is -2.02. The van der Waals surface area contributed by atoms with Gasteiger partial charge in [0.25, 0.3) is 0 Å². The Morgan fingerprint density at radius 3 is 2.76 bits per heavy atom. The van der Waals surface area contributed by atoms with Gasteiger partial charge in [-0.15, -0.1) is 0 Å². The van der Waals surface area contributed by atoms with Gasteiger partial charge >= 0.3 is 5.97 Å². The molecule has 2 aromatic carbocycles. The van der Waals surface area contributed by atoms with E-state index in [9.17, 15) is 4.79 Å². The van der Waals surface area contributed by atoms with E-state index in [1.807, 2.05) is 36.0 Å². The molecule has 9 heteroatoms. The van der Waals surface area contributed by atoms with Crippen molar-refractivity contribution in [2.75, 3.05) is 5.32 Å². The highest BCUT2D eigenvalue weighted by molar-refractivity contribution is 7.99. The fourth-order valence-corrected chi connectivity index (χ4v) is 3.82. The maximum Gasteiger partial charge on any atom is 0.308 e. The Morgan fingerprint density at radius 2 is 2.03 bits per heavy atom. The molecule has 0 saturated carbocycles. The summed E-state index contributed by atoms with van der Waals surface area (Å²) in [5, 5.41) is 5.44. The van der Waals surface area contributed by atoms with Gasteiger partial charge < -0.3 is 14.6 Å². The second kappa shape index (κ2) is 8.10. The molecule has 0 spiro atoms. The average molecular weight is 426 g/mol. The predicted molar refractivity (Wildman–Crippen MR) is 113 cm³/mol. The van der Waals surface area contributed by atoms with E-state index >= 15 is 0 Å². The summed E-state index contributed by atoms with van der Waals surface area (Å²) in [5.41, 5.74) is 1.50. The maximum absolute atomic E-state index is 11.2. The van der Waals surface area contributed by atoms with Crippen molar-refractivity contribution in [1.29, 1.82) is 0 Å². The fraction of sp³-hybridized carbons (Fsp3) is 0.100. The zero-order valence-electron chi connectivity index (χ0n) is 15.6. The molecule has 4 aromatic rings. The monoisotopic (exact) mass is 425 g/mol. The Labute approximate surface area is 176 Å². The van der Waals surface area contributed by atoms with E-state index in [4.69, 9.17) is 16.3 Å². The number of imidazole rings is 1. The second-order valence-electron chi connectivity index (χ2n) is 6.19. The second-order valence-corrected chi connectivity index (χ2v) is 7.60. The molecule has 146 valence electrons. The number of aryl methyl sites for hydroxylation is 1. The molecular formula is C20H16ClN5O2S. The number of anilines is 2. The van der Waals surface area contributed by atoms with E-state index in [0.29, 0.717) is 16.6 Å². The van der Waals surface area contributed by atoms with Crippen molar-refractivity contribution in [3.63, 3.8) is 0 Å². The molecule has 2 heterocycles. The number of carbonyl (C=O) groups is 1. The van der Waals surface area contributed by atoms with Crippen LogP contribution >= 0.6 is 23.4 Å². The first-order chi connectivity index (χ1) is 14.0. The molecule has 29 heavy (non-hydrogen) atoms. The van der Waals surface area contributed by atoms with Gasteiger partial charge in [0.15, 0.2) is 5.16 Å². The summed E-state index contributed by atoms with van der Waals surface area (Å²) in [7, 11) is 1.93. The number of halogens is 1. The van der Waals surface area contributed by atoms with Crippen LogP contribution in [0.1, 0.15) is 6.92 Å². The Morgan fingerprint density at radius 1 is 1.17 bits per heavy atom. The molecule has 7 nitrogen and oxygen atoms in total. The minimum absolute atomic E-state index is 0.386. The maximum atomic E-state index is 11.2. The highest BCUT2D eigenvalue weighted by Gasteiger charge is 2.10. The Kier molecular flexibility index (Phi) is 5.37. The van der Waals surface area contributed by atoms with Gasteiger partial charge in [-0.25, -0.2) is 15.0 Å². The number of carbonyl (C=O) groups excluding carboxylic acids is 1. The van der Waals surface area contributed by atoms with E-state index in [1.54, 1.807) is 24.4 Å². The molecule has 0 aliphatic carbocycles. The van der Waals surface area contributed by atoms with Crippen LogP contribution in [-0.4, -0.2) is 25.5 Å². The molecule has 1 N–H and O–H groups in total. The molecule has 0 saturated heterocycles. The molecule has 4 rings (SSSR count). The summed E-state index contributed by atoms with van der Waals surface area (Å²) in [4.78, 5) is 25.0. The highest BCUT2D eigenvalue weighted by atomic mass is 35.5. The van der Waals surface area contributed by atoms with Crippen molar-refractivity contribution in [3.05, 3.63) is 60.1 Å². The van der Waals surface area contributed by atoms with E-state index in [-0.39, 0.29) is 5.97 Å². The SMILES string of the molecule is CC(=O)Oc1ccc2ncnc(Nc3ccc(Sc4nccn4C)c(Cl)c3)c2c1. The van der Waals surface area contributed by atoms with Crippen LogP contribution in [0.25, 0.3) is 10.9 Å². The summed E-state index contributed by atoms with van der Waals surface area (Å²) in [6, 6.07) is 10.9. The Bertz CT molecular complexity index is 1210. The standard InChI is InChI=1S/C20H16ClN5O2S/c1-12(27)28-14-4-5-17-15(10-14)19(24-11-23-17)25-13-3-6-18(16(21)9-13)29-20-22-7-8-26(20)2/h3-11H,1-2H3,(H,23,24,25).